The molecule has 0 amide bonds. The van der Waals surface area contributed by atoms with Crippen molar-refractivity contribution in [2.75, 3.05) is 6.61 Å². The molecule has 0 saturated heterocycles. The minimum Gasteiger partial charge on any atom is -0.482 e. The van der Waals surface area contributed by atoms with Crippen molar-refractivity contribution in [1.29, 1.82) is 0 Å². The summed E-state index contributed by atoms with van der Waals surface area (Å²) < 4.78 is 15.9. The third-order valence-electron chi connectivity index (χ3n) is 3.96. The van der Waals surface area contributed by atoms with E-state index in [0.717, 1.165) is 11.1 Å². The number of esters is 2. The van der Waals surface area contributed by atoms with Gasteiger partial charge in [-0.2, -0.15) is 0 Å². The predicted octanol–water partition coefficient (Wildman–Crippen LogP) is 4.90. The second kappa shape index (κ2) is 9.55. The Hall–Kier alpha value is -3.60. The minimum atomic E-state index is -0.563. The molecule has 0 fully saturated rings. The quantitative estimate of drug-likeness (QED) is 0.424. The summed E-state index contributed by atoms with van der Waals surface area (Å²) >= 11 is 0. The van der Waals surface area contributed by atoms with Gasteiger partial charge >= 0.3 is 11.9 Å². The van der Waals surface area contributed by atoms with E-state index in [2.05, 4.69) is 0 Å². The smallest absolute Gasteiger partial charge is 0.349 e. The summed E-state index contributed by atoms with van der Waals surface area (Å²) in [5, 5.41) is 0. The molecule has 29 heavy (non-hydrogen) atoms. The van der Waals surface area contributed by atoms with Crippen molar-refractivity contribution >= 4 is 11.9 Å². The van der Waals surface area contributed by atoms with Crippen LogP contribution in [0.4, 0.5) is 0 Å². The van der Waals surface area contributed by atoms with E-state index in [1.165, 1.54) is 6.07 Å². The molecule has 0 aliphatic heterocycles. The second-order valence-corrected chi connectivity index (χ2v) is 6.64. The maximum atomic E-state index is 12.1. The third kappa shape index (κ3) is 5.94. The van der Waals surface area contributed by atoms with Gasteiger partial charge in [0.2, 0.25) is 0 Å². The van der Waals surface area contributed by atoms with E-state index in [4.69, 9.17) is 14.2 Å². The molecule has 148 valence electrons. The molecule has 0 unspecified atom stereocenters. The first-order chi connectivity index (χ1) is 14.0. The second-order valence-electron chi connectivity index (χ2n) is 6.64. The summed E-state index contributed by atoms with van der Waals surface area (Å²) in [6.07, 6.45) is -0.226. The molecule has 3 rings (SSSR count). The van der Waals surface area contributed by atoms with Crippen LogP contribution in [0.1, 0.15) is 24.2 Å². The molecular weight excluding hydrogens is 368 g/mol. The Morgan fingerprint density at radius 2 is 1.48 bits per heavy atom. The molecule has 5 nitrogen and oxygen atoms in total. The number of carbonyl (C=O) groups excluding carboxylic acids is 2. The first-order valence-electron chi connectivity index (χ1n) is 9.31. The summed E-state index contributed by atoms with van der Waals surface area (Å²) in [7, 11) is 0. The minimum absolute atomic E-state index is 0.226. The van der Waals surface area contributed by atoms with Crippen LogP contribution in [0.5, 0.6) is 11.5 Å². The number of rotatable bonds is 7. The zero-order valence-electron chi connectivity index (χ0n) is 16.3. The van der Waals surface area contributed by atoms with Crippen LogP contribution < -0.4 is 9.47 Å². The lowest BCUT2D eigenvalue weighted by Gasteiger charge is -2.10. The first kappa shape index (κ1) is 20.1. The molecule has 0 saturated carbocycles. The van der Waals surface area contributed by atoms with Crippen molar-refractivity contribution in [2.45, 2.75) is 20.0 Å². The Morgan fingerprint density at radius 3 is 2.17 bits per heavy atom. The van der Waals surface area contributed by atoms with Gasteiger partial charge in [-0.1, -0.05) is 48.5 Å². The monoisotopic (exact) mass is 390 g/mol. The number of hydrogen-bond donors (Lipinski definition) is 0. The molecule has 0 heterocycles. The molecule has 0 aliphatic rings. The summed E-state index contributed by atoms with van der Waals surface area (Å²) in [5.74, 6) is -0.203. The Labute approximate surface area is 169 Å². The molecular formula is C24H22O5. The van der Waals surface area contributed by atoms with E-state index < -0.39 is 11.9 Å². The number of hydrogen-bond acceptors (Lipinski definition) is 5. The highest BCUT2D eigenvalue weighted by Crippen LogP contribution is 2.22. The maximum Gasteiger partial charge on any atom is 0.349 e. The van der Waals surface area contributed by atoms with E-state index in [1.807, 2.05) is 42.5 Å². The third-order valence-corrected chi connectivity index (χ3v) is 3.96. The van der Waals surface area contributed by atoms with Crippen molar-refractivity contribution in [2.24, 2.45) is 0 Å². The van der Waals surface area contributed by atoms with Gasteiger partial charge in [-0.25, -0.2) is 9.59 Å². The number of carbonyl (C=O) groups is 2. The average Bonchev–Trinajstić information content (AvgIpc) is 2.73. The van der Waals surface area contributed by atoms with Crippen LogP contribution in [0, 0.1) is 0 Å². The zero-order valence-corrected chi connectivity index (χ0v) is 16.3. The van der Waals surface area contributed by atoms with Gasteiger partial charge in [-0.15, -0.1) is 0 Å². The number of ether oxygens (including phenoxy) is 3. The van der Waals surface area contributed by atoms with E-state index in [9.17, 15) is 9.59 Å². The van der Waals surface area contributed by atoms with Gasteiger partial charge < -0.3 is 14.2 Å². The molecule has 5 heteroatoms. The zero-order chi connectivity index (χ0) is 20.6. The SMILES string of the molecule is CC(C)OC(=O)c1cccc(OC(=O)COc2ccc(-c3ccccc3)cc2)c1. The Bertz CT molecular complexity index is 962. The lowest BCUT2D eigenvalue weighted by Crippen LogP contribution is -2.18. The Morgan fingerprint density at radius 1 is 0.793 bits per heavy atom. The van der Waals surface area contributed by atoms with Crippen LogP contribution in [-0.2, 0) is 9.53 Å². The summed E-state index contributed by atoms with van der Waals surface area (Å²) in [6.45, 7) is 3.29. The van der Waals surface area contributed by atoms with Gasteiger partial charge in [-0.3, -0.25) is 0 Å². The largest absolute Gasteiger partial charge is 0.482 e. The van der Waals surface area contributed by atoms with E-state index in [-0.39, 0.29) is 18.5 Å². The molecule has 3 aromatic rings. The van der Waals surface area contributed by atoms with Crippen molar-refractivity contribution in [3.05, 3.63) is 84.4 Å². The highest BCUT2D eigenvalue weighted by atomic mass is 16.6. The topological polar surface area (TPSA) is 61.8 Å². The number of benzene rings is 3. The van der Waals surface area contributed by atoms with Crippen LogP contribution in [0.25, 0.3) is 11.1 Å². The molecule has 0 aliphatic carbocycles. The highest BCUT2D eigenvalue weighted by Gasteiger charge is 2.12. The van der Waals surface area contributed by atoms with E-state index >= 15 is 0 Å². The lowest BCUT2D eigenvalue weighted by atomic mass is 10.1. The normalized spacial score (nSPS) is 10.4. The van der Waals surface area contributed by atoms with Crippen LogP contribution in [0.15, 0.2) is 78.9 Å². The maximum absolute atomic E-state index is 12.1. The van der Waals surface area contributed by atoms with Gasteiger partial charge in [0.25, 0.3) is 0 Å². The lowest BCUT2D eigenvalue weighted by molar-refractivity contribution is -0.136. The predicted molar refractivity (Wildman–Crippen MR) is 110 cm³/mol. The van der Waals surface area contributed by atoms with Crippen LogP contribution in [0.2, 0.25) is 0 Å². The fourth-order valence-electron chi connectivity index (χ4n) is 2.65. The van der Waals surface area contributed by atoms with Crippen molar-refractivity contribution in [3.63, 3.8) is 0 Å². The summed E-state index contributed by atoms with van der Waals surface area (Å²) in [6, 6.07) is 23.7. The van der Waals surface area contributed by atoms with Crippen LogP contribution in [-0.4, -0.2) is 24.6 Å². The van der Waals surface area contributed by atoms with Crippen LogP contribution in [0.3, 0.4) is 0 Å². The van der Waals surface area contributed by atoms with Gasteiger partial charge in [0, 0.05) is 0 Å². The average molecular weight is 390 g/mol. The molecule has 0 radical (unpaired) electrons. The van der Waals surface area contributed by atoms with E-state index in [0.29, 0.717) is 11.3 Å². The van der Waals surface area contributed by atoms with Crippen molar-refractivity contribution in [3.8, 4) is 22.6 Å². The summed E-state index contributed by atoms with van der Waals surface area (Å²) in [5.41, 5.74) is 2.49. The van der Waals surface area contributed by atoms with E-state index in [1.54, 1.807) is 44.2 Å². The Kier molecular flexibility index (Phi) is 6.63. The molecule has 0 N–H and O–H groups in total. The first-order valence-corrected chi connectivity index (χ1v) is 9.31. The van der Waals surface area contributed by atoms with Gasteiger partial charge in [-0.05, 0) is 55.3 Å². The van der Waals surface area contributed by atoms with Gasteiger partial charge in [0.1, 0.15) is 11.5 Å². The molecule has 0 atom stereocenters. The van der Waals surface area contributed by atoms with Crippen LogP contribution >= 0.6 is 0 Å². The molecule has 3 aromatic carbocycles. The Balaban J connectivity index is 1.54. The fourth-order valence-corrected chi connectivity index (χ4v) is 2.65. The molecule has 0 aromatic heterocycles. The molecule has 0 bridgehead atoms. The van der Waals surface area contributed by atoms with Crippen molar-refractivity contribution < 1.29 is 23.8 Å². The standard InChI is InChI=1S/C24H22O5/c1-17(2)28-24(26)20-9-6-10-22(15-20)29-23(25)16-27-21-13-11-19(12-14-21)18-7-4-3-5-8-18/h3-15,17H,16H2,1-2H3. The van der Waals surface area contributed by atoms with Gasteiger partial charge in [0.15, 0.2) is 6.61 Å². The van der Waals surface area contributed by atoms with Crippen molar-refractivity contribution in [1.82, 2.24) is 0 Å². The highest BCUT2D eigenvalue weighted by molar-refractivity contribution is 5.90. The fraction of sp³-hybridized carbons (Fsp3) is 0.167. The molecule has 0 spiro atoms. The van der Waals surface area contributed by atoms with Gasteiger partial charge in [0.05, 0.1) is 11.7 Å². The summed E-state index contributed by atoms with van der Waals surface area (Å²) in [4.78, 5) is 24.0.